The molecule has 0 saturated carbocycles. The molecule has 1 atom stereocenters. The van der Waals surface area contributed by atoms with Crippen LogP contribution in [0.25, 0.3) is 0 Å². The van der Waals surface area contributed by atoms with Gasteiger partial charge in [-0.1, -0.05) is 185 Å². The Kier molecular flexibility index (Phi) is 48.7. The first-order valence-corrected chi connectivity index (χ1v) is 25.5. The molecule has 0 aliphatic rings. The van der Waals surface area contributed by atoms with E-state index in [1.807, 2.05) is 0 Å². The normalized spacial score (nSPS) is 13.4. The largest absolute Gasteiger partial charge is 0.462 e. The first-order valence-electron chi connectivity index (χ1n) is 25.5. The summed E-state index contributed by atoms with van der Waals surface area (Å²) in [5, 5.41) is 0. The summed E-state index contributed by atoms with van der Waals surface area (Å²) in [5.74, 6) is -1.08. The van der Waals surface area contributed by atoms with E-state index in [1.54, 1.807) is 0 Å². The molecule has 1 unspecified atom stereocenters. The van der Waals surface area contributed by atoms with Crippen LogP contribution in [0, 0.1) is 0 Å². The summed E-state index contributed by atoms with van der Waals surface area (Å²) in [6.07, 6.45) is 76.7. The summed E-state index contributed by atoms with van der Waals surface area (Å²) in [5.41, 5.74) is 0. The zero-order chi connectivity index (χ0) is 47.9. The quantitative estimate of drug-likeness (QED) is 0.0262. The average Bonchev–Trinajstić information content (AvgIpc) is 3.31. The van der Waals surface area contributed by atoms with E-state index in [9.17, 15) is 14.4 Å². The second-order valence-corrected chi connectivity index (χ2v) is 15.9. The van der Waals surface area contributed by atoms with Crippen molar-refractivity contribution in [1.82, 2.24) is 0 Å². The molecule has 6 heteroatoms. The number of carbonyl (C=O) groups excluding carboxylic acids is 3. The minimum atomic E-state index is -0.845. The molecule has 0 aromatic rings. The monoisotopic (exact) mass is 907 g/mol. The topological polar surface area (TPSA) is 78.9 Å². The summed E-state index contributed by atoms with van der Waals surface area (Å²) in [6.45, 7) is 6.15. The van der Waals surface area contributed by atoms with E-state index < -0.39 is 12.1 Å². The van der Waals surface area contributed by atoms with Crippen LogP contribution in [-0.2, 0) is 28.6 Å². The molecule has 66 heavy (non-hydrogen) atoms. The highest BCUT2D eigenvalue weighted by Crippen LogP contribution is 2.10. The Hall–Kier alpha value is -4.97. The number of carbonyl (C=O) groups is 3. The molecule has 0 aromatic carbocycles. The minimum Gasteiger partial charge on any atom is -0.462 e. The maximum absolute atomic E-state index is 12.8. The van der Waals surface area contributed by atoms with E-state index in [0.717, 1.165) is 128 Å². The van der Waals surface area contributed by atoms with Crippen molar-refractivity contribution in [2.24, 2.45) is 0 Å². The number of hydrogen-bond donors (Lipinski definition) is 0. The van der Waals surface area contributed by atoms with Crippen molar-refractivity contribution >= 4 is 17.9 Å². The molecular formula is C60H90O6. The lowest BCUT2D eigenvalue weighted by molar-refractivity contribution is -0.167. The van der Waals surface area contributed by atoms with Gasteiger partial charge in [0.15, 0.2) is 6.10 Å². The van der Waals surface area contributed by atoms with Crippen LogP contribution in [-0.4, -0.2) is 37.2 Å². The minimum absolute atomic E-state index is 0.138. The van der Waals surface area contributed by atoms with Crippen molar-refractivity contribution in [2.45, 2.75) is 187 Å². The first-order chi connectivity index (χ1) is 32.5. The molecule has 0 aliphatic carbocycles. The van der Waals surface area contributed by atoms with E-state index >= 15 is 0 Å². The molecule has 0 aromatic heterocycles. The number of esters is 3. The van der Waals surface area contributed by atoms with Crippen molar-refractivity contribution in [3.05, 3.63) is 158 Å². The van der Waals surface area contributed by atoms with Crippen LogP contribution in [0.15, 0.2) is 158 Å². The van der Waals surface area contributed by atoms with Crippen molar-refractivity contribution in [1.29, 1.82) is 0 Å². The third-order valence-electron chi connectivity index (χ3n) is 9.76. The second kappa shape index (κ2) is 52.7. The van der Waals surface area contributed by atoms with Crippen molar-refractivity contribution in [3.8, 4) is 0 Å². The Morgan fingerprint density at radius 1 is 0.303 bits per heavy atom. The van der Waals surface area contributed by atoms with Crippen molar-refractivity contribution in [2.75, 3.05) is 13.2 Å². The fourth-order valence-electron chi connectivity index (χ4n) is 6.04. The summed E-state index contributed by atoms with van der Waals surface area (Å²) in [4.78, 5) is 37.9. The number of ether oxygens (including phenoxy) is 3. The van der Waals surface area contributed by atoms with Gasteiger partial charge in [-0.2, -0.15) is 0 Å². The van der Waals surface area contributed by atoms with Gasteiger partial charge in [0.25, 0.3) is 0 Å². The molecule has 0 fully saturated rings. The van der Waals surface area contributed by atoms with Gasteiger partial charge in [0.05, 0.1) is 0 Å². The van der Waals surface area contributed by atoms with Gasteiger partial charge in [-0.3, -0.25) is 14.4 Å². The lowest BCUT2D eigenvalue weighted by Gasteiger charge is -2.18. The number of allylic oxidation sites excluding steroid dienone is 26. The Morgan fingerprint density at radius 3 is 0.894 bits per heavy atom. The van der Waals surface area contributed by atoms with Gasteiger partial charge in [-0.25, -0.2) is 0 Å². The lowest BCUT2D eigenvalue weighted by atomic mass is 10.1. The summed E-state index contributed by atoms with van der Waals surface area (Å²) in [6, 6.07) is 0. The fourth-order valence-corrected chi connectivity index (χ4v) is 6.04. The van der Waals surface area contributed by atoms with Gasteiger partial charge in [-0.15, -0.1) is 0 Å². The van der Waals surface area contributed by atoms with Crippen LogP contribution in [0.1, 0.15) is 181 Å². The SMILES string of the molecule is CC/C=C\C/C=C\C/C=C\C/C=C\C/C=C\CCCCCC(=O)OCC(COC(=O)CCCC/C=C\C/C=C\C/C=C\CC)OC(=O)CCC/C=C\C/C=C\C/C=C\C/C=C\C/C=C\CC. The maximum Gasteiger partial charge on any atom is 0.306 e. The summed E-state index contributed by atoms with van der Waals surface area (Å²) in [7, 11) is 0. The van der Waals surface area contributed by atoms with Gasteiger partial charge in [0.2, 0.25) is 0 Å². The van der Waals surface area contributed by atoms with Gasteiger partial charge in [-0.05, 0) is 135 Å². The number of rotatable bonds is 43. The molecule has 0 amide bonds. The molecule has 0 radical (unpaired) electrons. The molecule has 0 heterocycles. The molecular weight excluding hydrogens is 817 g/mol. The highest BCUT2D eigenvalue weighted by atomic mass is 16.6. The highest BCUT2D eigenvalue weighted by Gasteiger charge is 2.19. The van der Waals surface area contributed by atoms with Gasteiger partial charge < -0.3 is 14.2 Å². The Morgan fingerprint density at radius 2 is 0.561 bits per heavy atom. The molecule has 366 valence electrons. The van der Waals surface area contributed by atoms with Gasteiger partial charge >= 0.3 is 17.9 Å². The van der Waals surface area contributed by atoms with E-state index in [4.69, 9.17) is 14.2 Å². The summed E-state index contributed by atoms with van der Waals surface area (Å²) < 4.78 is 16.7. The first kappa shape index (κ1) is 61.0. The molecule has 0 aliphatic heterocycles. The predicted octanol–water partition coefficient (Wildman–Crippen LogP) is 17.0. The van der Waals surface area contributed by atoms with Gasteiger partial charge in [0, 0.05) is 19.3 Å². The Labute approximate surface area is 403 Å². The molecule has 0 bridgehead atoms. The van der Waals surface area contributed by atoms with Crippen molar-refractivity contribution < 1.29 is 28.6 Å². The fraction of sp³-hybridized carbons (Fsp3) is 0.517. The van der Waals surface area contributed by atoms with E-state index in [0.29, 0.717) is 19.3 Å². The number of unbranched alkanes of at least 4 members (excludes halogenated alkanes) is 6. The van der Waals surface area contributed by atoms with Crippen LogP contribution in [0.2, 0.25) is 0 Å². The highest BCUT2D eigenvalue weighted by molar-refractivity contribution is 5.71. The van der Waals surface area contributed by atoms with Crippen LogP contribution in [0.3, 0.4) is 0 Å². The average molecular weight is 907 g/mol. The van der Waals surface area contributed by atoms with E-state index in [-0.39, 0.29) is 38.0 Å². The van der Waals surface area contributed by atoms with Gasteiger partial charge in [0.1, 0.15) is 13.2 Å². The van der Waals surface area contributed by atoms with Crippen LogP contribution in [0.4, 0.5) is 0 Å². The molecule has 0 N–H and O–H groups in total. The molecule has 0 spiro atoms. The Bertz CT molecular complexity index is 1560. The van der Waals surface area contributed by atoms with E-state index in [2.05, 4.69) is 179 Å². The lowest BCUT2D eigenvalue weighted by Crippen LogP contribution is -2.30. The zero-order valence-corrected chi connectivity index (χ0v) is 41.6. The third-order valence-corrected chi connectivity index (χ3v) is 9.76. The third kappa shape index (κ3) is 50.0. The van der Waals surface area contributed by atoms with Crippen molar-refractivity contribution in [3.63, 3.8) is 0 Å². The van der Waals surface area contributed by atoms with Crippen LogP contribution in [0.5, 0.6) is 0 Å². The zero-order valence-electron chi connectivity index (χ0n) is 41.6. The standard InChI is InChI=1S/C60H90O6/c1-4-7-10-13-16-19-22-25-27-29-30-32-33-35-38-41-44-47-50-53-59(62)65-56-57(55-64-58(61)52-49-46-43-40-37-24-21-18-15-12-9-6-3)66-60(63)54-51-48-45-42-39-36-34-31-28-26-23-20-17-14-11-8-5-2/h7-12,16-21,25-28,30,32,34-38,40,42,45,57H,4-6,13-15,22-24,29,31,33,39,41,43-44,46-56H2,1-3H3/b10-7-,11-8-,12-9-,19-16-,20-17-,21-18-,27-25-,28-26-,32-30-,36-34-,38-35-,40-37-,45-42-. The second-order valence-electron chi connectivity index (χ2n) is 15.9. The number of hydrogen-bond acceptors (Lipinski definition) is 6. The van der Waals surface area contributed by atoms with E-state index in [1.165, 1.54) is 0 Å². The Balaban J connectivity index is 4.61. The molecule has 6 nitrogen and oxygen atoms in total. The molecule has 0 saturated heterocycles. The smallest absolute Gasteiger partial charge is 0.306 e. The predicted molar refractivity (Wildman–Crippen MR) is 283 cm³/mol. The van der Waals surface area contributed by atoms with Crippen LogP contribution >= 0.6 is 0 Å². The summed E-state index contributed by atoms with van der Waals surface area (Å²) >= 11 is 0. The van der Waals surface area contributed by atoms with Crippen LogP contribution < -0.4 is 0 Å². The molecule has 0 rings (SSSR count). The maximum atomic E-state index is 12.8.